The maximum absolute atomic E-state index is 9.23. The molecule has 4 aliphatic rings. The van der Waals surface area contributed by atoms with Gasteiger partial charge < -0.3 is 19.1 Å². The molecule has 70 heavy (non-hydrogen) atoms. The van der Waals surface area contributed by atoms with Gasteiger partial charge in [0.15, 0.2) is 0 Å². The molecule has 9 aromatic rings. The van der Waals surface area contributed by atoms with Crippen molar-refractivity contribution in [3.8, 4) is 0 Å². The molecule has 0 unspecified atom stereocenters. The van der Waals surface area contributed by atoms with Gasteiger partial charge in [-0.2, -0.15) is 0 Å². The Balaban J connectivity index is 1.15. The van der Waals surface area contributed by atoms with E-state index in [9.17, 15) is 4.11 Å². The van der Waals surface area contributed by atoms with Gasteiger partial charge in [0, 0.05) is 72.1 Å². The summed E-state index contributed by atoms with van der Waals surface area (Å²) in [6.45, 7) is 16.6. The molecule has 3 heterocycles. The van der Waals surface area contributed by atoms with Crippen LogP contribution in [0.15, 0.2) is 168 Å². The molecule has 13 rings (SSSR count). The summed E-state index contributed by atoms with van der Waals surface area (Å²) in [6.07, 6.45) is 4.38. The topological polar surface area (TPSA) is 22.9 Å². The average Bonchev–Trinajstić information content (AvgIpc) is 3.75. The van der Waals surface area contributed by atoms with Crippen molar-refractivity contribution < 1.29 is 8.53 Å². The number of rotatable bonds is 5. The third-order valence-electron chi connectivity index (χ3n) is 17.0. The number of benzene rings is 8. The lowest BCUT2D eigenvalue weighted by atomic mass is 9.33. The number of nitrogens with zero attached hydrogens (tertiary/aromatic N) is 3. The quantitative estimate of drug-likeness (QED) is 0.161. The second-order valence-corrected chi connectivity index (χ2v) is 23.3. The minimum Gasteiger partial charge on any atom is -0.456 e. The Kier molecular flexibility index (Phi) is 8.54. The molecule has 4 nitrogen and oxygen atoms in total. The molecule has 5 heteroatoms. The van der Waals surface area contributed by atoms with Crippen molar-refractivity contribution in [1.82, 2.24) is 0 Å². The number of fused-ring (bicyclic) bond motifs is 9. The van der Waals surface area contributed by atoms with Gasteiger partial charge >= 0.3 is 0 Å². The van der Waals surface area contributed by atoms with Crippen molar-refractivity contribution in [2.24, 2.45) is 0 Å². The van der Waals surface area contributed by atoms with Crippen LogP contribution < -0.4 is 31.1 Å². The molecule has 0 saturated heterocycles. The van der Waals surface area contributed by atoms with E-state index in [1.807, 2.05) is 24.3 Å². The number of anilines is 9. The molecule has 0 radical (unpaired) electrons. The standard InChI is InChI=1S/C65H62BN3O/c1-41-34-57-61-58(35-41)69(46-24-27-48-47-22-16-17-23-59(47)70-60(48)38-46)55-37-45(67(42-18-12-10-13-19-42)43-20-14-11-15-21-43)26-29-53(55)66(61)54-39-51-52(65(8,9)33-32-64(51,6)7)40-56(54)68(57)44-25-28-49-50(36-44)63(4,5)31-30-62(49,2)3/h10-29,34-40H,30-33H2,1-9H3/i1D3. The molecule has 0 atom stereocenters. The summed E-state index contributed by atoms with van der Waals surface area (Å²) in [5.74, 6) is 0. The van der Waals surface area contributed by atoms with E-state index in [1.54, 1.807) is 0 Å². The fourth-order valence-corrected chi connectivity index (χ4v) is 12.9. The number of hydrogen-bond donors (Lipinski definition) is 0. The maximum atomic E-state index is 9.23. The predicted octanol–water partition coefficient (Wildman–Crippen LogP) is 16.1. The molecule has 2 aliphatic carbocycles. The fraction of sp³-hybridized carbons (Fsp3) is 0.262. The van der Waals surface area contributed by atoms with Crippen LogP contribution in [-0.2, 0) is 21.7 Å². The second kappa shape index (κ2) is 15.0. The fourth-order valence-electron chi connectivity index (χ4n) is 12.9. The summed E-state index contributed by atoms with van der Waals surface area (Å²) in [7, 11) is 0. The molecule has 0 N–H and O–H groups in total. The highest BCUT2D eigenvalue weighted by atomic mass is 16.3. The van der Waals surface area contributed by atoms with E-state index in [4.69, 9.17) is 4.42 Å². The predicted molar refractivity (Wildman–Crippen MR) is 298 cm³/mol. The third-order valence-corrected chi connectivity index (χ3v) is 17.0. The summed E-state index contributed by atoms with van der Waals surface area (Å²) in [5.41, 5.74) is 19.7. The molecule has 0 bridgehead atoms. The van der Waals surface area contributed by atoms with Crippen LogP contribution in [0.25, 0.3) is 21.9 Å². The normalized spacial score (nSPS) is 18.5. The highest BCUT2D eigenvalue weighted by Crippen LogP contribution is 2.53. The van der Waals surface area contributed by atoms with Crippen molar-refractivity contribution >= 4 is 96.2 Å². The molecule has 0 saturated carbocycles. The van der Waals surface area contributed by atoms with E-state index in [0.717, 1.165) is 110 Å². The van der Waals surface area contributed by atoms with Gasteiger partial charge in [0.05, 0.1) is 0 Å². The number of furan rings is 1. The van der Waals surface area contributed by atoms with Crippen LogP contribution in [0, 0.1) is 6.85 Å². The second-order valence-electron chi connectivity index (χ2n) is 23.3. The lowest BCUT2D eigenvalue weighted by Crippen LogP contribution is -2.62. The Labute approximate surface area is 418 Å². The number of hydrogen-bond acceptors (Lipinski definition) is 4. The molecule has 0 fully saturated rings. The van der Waals surface area contributed by atoms with E-state index in [1.165, 1.54) is 27.7 Å². The first kappa shape index (κ1) is 39.8. The van der Waals surface area contributed by atoms with Gasteiger partial charge in [-0.25, -0.2) is 0 Å². The Morgan fingerprint density at radius 2 is 0.971 bits per heavy atom. The molecule has 0 amide bonds. The van der Waals surface area contributed by atoms with Gasteiger partial charge in [-0.15, -0.1) is 0 Å². The lowest BCUT2D eigenvalue weighted by Gasteiger charge is -2.48. The lowest BCUT2D eigenvalue weighted by molar-refractivity contribution is 0.332. The smallest absolute Gasteiger partial charge is 0.252 e. The summed E-state index contributed by atoms with van der Waals surface area (Å²) in [5, 5.41) is 2.10. The highest BCUT2D eigenvalue weighted by Gasteiger charge is 2.47. The van der Waals surface area contributed by atoms with E-state index in [0.29, 0.717) is 5.56 Å². The zero-order valence-electron chi connectivity index (χ0n) is 44.7. The van der Waals surface area contributed by atoms with E-state index < -0.39 is 6.85 Å². The van der Waals surface area contributed by atoms with E-state index in [2.05, 4.69) is 210 Å². The molecule has 1 aromatic heterocycles. The summed E-state index contributed by atoms with van der Waals surface area (Å²) in [6, 6.07) is 58.9. The zero-order chi connectivity index (χ0) is 50.6. The molecule has 2 aliphatic heterocycles. The number of aryl methyl sites for hydroxylation is 1. The molecule has 0 spiro atoms. The average molecular weight is 915 g/mol. The van der Waals surface area contributed by atoms with Gasteiger partial charge in [-0.05, 0) is 183 Å². The van der Waals surface area contributed by atoms with Gasteiger partial charge in [-0.3, -0.25) is 0 Å². The van der Waals surface area contributed by atoms with Crippen molar-refractivity contribution in [1.29, 1.82) is 0 Å². The van der Waals surface area contributed by atoms with Crippen LogP contribution in [0.4, 0.5) is 51.2 Å². The Morgan fingerprint density at radius 3 is 1.61 bits per heavy atom. The molecular weight excluding hydrogens is 850 g/mol. The van der Waals surface area contributed by atoms with Crippen LogP contribution in [0.3, 0.4) is 0 Å². The number of para-hydroxylation sites is 3. The first-order valence-corrected chi connectivity index (χ1v) is 25.4. The van der Waals surface area contributed by atoms with Crippen LogP contribution in [0.1, 0.15) is 113 Å². The van der Waals surface area contributed by atoms with Gasteiger partial charge in [0.2, 0.25) is 0 Å². The van der Waals surface area contributed by atoms with E-state index in [-0.39, 0.29) is 28.4 Å². The third kappa shape index (κ3) is 6.42. The molecule has 8 aromatic carbocycles. The first-order chi connectivity index (χ1) is 34.8. The van der Waals surface area contributed by atoms with Crippen molar-refractivity contribution in [3.05, 3.63) is 192 Å². The monoisotopic (exact) mass is 915 g/mol. The van der Waals surface area contributed by atoms with E-state index >= 15 is 0 Å². The summed E-state index contributed by atoms with van der Waals surface area (Å²) >= 11 is 0. The van der Waals surface area contributed by atoms with Crippen LogP contribution in [0.5, 0.6) is 0 Å². The van der Waals surface area contributed by atoms with Gasteiger partial charge in [-0.1, -0.05) is 128 Å². The van der Waals surface area contributed by atoms with Crippen LogP contribution in [0.2, 0.25) is 0 Å². The van der Waals surface area contributed by atoms with Gasteiger partial charge in [0.25, 0.3) is 6.71 Å². The van der Waals surface area contributed by atoms with Crippen LogP contribution >= 0.6 is 0 Å². The van der Waals surface area contributed by atoms with Crippen LogP contribution in [-0.4, -0.2) is 6.71 Å². The largest absolute Gasteiger partial charge is 0.456 e. The van der Waals surface area contributed by atoms with Crippen molar-refractivity contribution in [2.75, 3.05) is 14.7 Å². The first-order valence-electron chi connectivity index (χ1n) is 26.9. The van der Waals surface area contributed by atoms with Gasteiger partial charge in [0.1, 0.15) is 11.2 Å². The Bertz CT molecular complexity index is 3680. The maximum Gasteiger partial charge on any atom is 0.252 e. The Morgan fingerprint density at radius 1 is 0.443 bits per heavy atom. The SMILES string of the molecule is [2H]C([2H])([2H])c1cc2c3c(c1)N(c1ccc4c(c1)C(C)(C)CCC4(C)C)c1cc4c(cc1B3c1ccc(N(c3ccccc3)c3ccccc3)cc1N2c1ccc2c(c1)oc1ccccc12)C(C)(C)CCC4(C)C. The minimum atomic E-state index is -2.41. The molecular formula is C65H62BN3O. The Hall–Kier alpha value is -6.98. The summed E-state index contributed by atoms with van der Waals surface area (Å²) < 4.78 is 34.3. The highest BCUT2D eigenvalue weighted by molar-refractivity contribution is 7.00. The minimum absolute atomic E-state index is 0.0317. The molecule has 346 valence electrons. The van der Waals surface area contributed by atoms with Crippen molar-refractivity contribution in [3.63, 3.8) is 0 Å². The zero-order valence-corrected chi connectivity index (χ0v) is 41.7. The summed E-state index contributed by atoms with van der Waals surface area (Å²) in [4.78, 5) is 7.09. The van der Waals surface area contributed by atoms with Crippen molar-refractivity contribution in [2.45, 2.75) is 110 Å².